The third-order valence-electron chi connectivity index (χ3n) is 6.72. The zero-order chi connectivity index (χ0) is 21.0. The van der Waals surface area contributed by atoms with E-state index in [9.17, 15) is 14.7 Å². The van der Waals surface area contributed by atoms with Crippen molar-refractivity contribution in [3.8, 4) is 11.5 Å². The number of piperidine rings is 1. The molecule has 2 aromatic rings. The summed E-state index contributed by atoms with van der Waals surface area (Å²) in [5.74, 6) is 0.487. The molecule has 3 heterocycles. The van der Waals surface area contributed by atoms with Gasteiger partial charge in [0.1, 0.15) is 17.0 Å². The SMILES string of the molecule is COc1cc2c(=O)c(C(=O)O)cn(C3CC3)c2c(OC)c1N1CC2CCCNC2C1. The van der Waals surface area contributed by atoms with Crippen LogP contribution in [0.2, 0.25) is 0 Å². The molecule has 2 atom stereocenters. The standard InChI is InChI=1S/C22H27N3O5/c1-29-17-8-14-18(25(13-5-6-13)10-15(20(14)26)22(27)28)21(30-2)19(17)24-9-12-4-3-7-23-16(12)11-24/h8,10,12-13,16,23H,3-7,9,11H2,1-2H3,(H,27,28). The first-order valence-electron chi connectivity index (χ1n) is 10.6. The van der Waals surface area contributed by atoms with E-state index in [0.717, 1.165) is 38.2 Å². The first-order valence-corrected chi connectivity index (χ1v) is 10.6. The predicted octanol–water partition coefficient (Wildman–Crippen LogP) is 2.24. The zero-order valence-corrected chi connectivity index (χ0v) is 17.3. The molecule has 0 bridgehead atoms. The fourth-order valence-electron chi connectivity index (χ4n) is 5.12. The maximum absolute atomic E-state index is 13.0. The lowest BCUT2D eigenvalue weighted by Gasteiger charge is -2.26. The average molecular weight is 413 g/mol. The van der Waals surface area contributed by atoms with Crippen LogP contribution < -0.4 is 25.1 Å². The molecule has 3 aliphatic rings. The van der Waals surface area contributed by atoms with Crippen molar-refractivity contribution in [1.29, 1.82) is 0 Å². The summed E-state index contributed by atoms with van der Waals surface area (Å²) in [4.78, 5) is 27.0. The van der Waals surface area contributed by atoms with Crippen LogP contribution >= 0.6 is 0 Å². The van der Waals surface area contributed by atoms with Gasteiger partial charge in [-0.25, -0.2) is 4.79 Å². The van der Waals surface area contributed by atoms with E-state index in [0.29, 0.717) is 34.4 Å². The van der Waals surface area contributed by atoms with Gasteiger partial charge in [0, 0.05) is 31.4 Å². The predicted molar refractivity (Wildman–Crippen MR) is 113 cm³/mol. The van der Waals surface area contributed by atoms with Crippen LogP contribution in [0.25, 0.3) is 10.9 Å². The monoisotopic (exact) mass is 413 g/mol. The zero-order valence-electron chi connectivity index (χ0n) is 17.3. The van der Waals surface area contributed by atoms with Crippen molar-refractivity contribution in [3.63, 3.8) is 0 Å². The van der Waals surface area contributed by atoms with Crippen LogP contribution in [0.3, 0.4) is 0 Å². The lowest BCUT2D eigenvalue weighted by atomic mass is 9.94. The van der Waals surface area contributed by atoms with Crippen molar-refractivity contribution < 1.29 is 19.4 Å². The Bertz CT molecular complexity index is 1060. The van der Waals surface area contributed by atoms with Crippen LogP contribution in [0.5, 0.6) is 11.5 Å². The number of benzene rings is 1. The van der Waals surface area contributed by atoms with Crippen LogP contribution in [0, 0.1) is 5.92 Å². The van der Waals surface area contributed by atoms with E-state index in [4.69, 9.17) is 9.47 Å². The van der Waals surface area contributed by atoms with Crippen LogP contribution in [-0.2, 0) is 0 Å². The number of hydrogen-bond acceptors (Lipinski definition) is 6. The second-order valence-corrected chi connectivity index (χ2v) is 8.54. The Balaban J connectivity index is 1.75. The van der Waals surface area contributed by atoms with Gasteiger partial charge in [-0.05, 0) is 44.2 Å². The molecule has 1 aromatic heterocycles. The minimum Gasteiger partial charge on any atom is -0.494 e. The normalized spacial score (nSPS) is 23.5. The third kappa shape index (κ3) is 2.93. The maximum atomic E-state index is 13.0. The first-order chi connectivity index (χ1) is 14.5. The molecule has 8 heteroatoms. The number of ether oxygens (including phenoxy) is 2. The number of carbonyl (C=O) groups is 1. The van der Waals surface area contributed by atoms with E-state index in [1.165, 1.54) is 19.0 Å². The Morgan fingerprint density at radius 1 is 1.20 bits per heavy atom. The molecule has 1 aliphatic carbocycles. The van der Waals surface area contributed by atoms with Crippen molar-refractivity contribution in [3.05, 3.63) is 28.0 Å². The average Bonchev–Trinajstić information content (AvgIpc) is 3.50. The van der Waals surface area contributed by atoms with Crippen molar-refractivity contribution in [2.45, 2.75) is 37.8 Å². The summed E-state index contributed by atoms with van der Waals surface area (Å²) in [6, 6.07) is 2.31. The summed E-state index contributed by atoms with van der Waals surface area (Å²) in [5.41, 5.74) is 0.783. The Kier molecular flexibility index (Phi) is 4.61. The fourth-order valence-corrected chi connectivity index (χ4v) is 5.12. The minimum atomic E-state index is -1.21. The van der Waals surface area contributed by atoms with E-state index >= 15 is 0 Å². The molecular weight excluding hydrogens is 386 g/mol. The number of anilines is 1. The van der Waals surface area contributed by atoms with Crippen molar-refractivity contribution in [2.75, 3.05) is 38.8 Å². The number of pyridine rings is 1. The highest BCUT2D eigenvalue weighted by Crippen LogP contribution is 2.48. The topological polar surface area (TPSA) is 93.0 Å². The quantitative estimate of drug-likeness (QED) is 0.777. The second-order valence-electron chi connectivity index (χ2n) is 8.54. The third-order valence-corrected chi connectivity index (χ3v) is 6.72. The molecule has 2 unspecified atom stereocenters. The van der Waals surface area contributed by atoms with Gasteiger partial charge in [-0.15, -0.1) is 0 Å². The van der Waals surface area contributed by atoms with Gasteiger partial charge < -0.3 is 29.4 Å². The van der Waals surface area contributed by atoms with Crippen LogP contribution in [0.15, 0.2) is 17.1 Å². The summed E-state index contributed by atoms with van der Waals surface area (Å²) in [5, 5.41) is 13.5. The molecule has 0 amide bonds. The fraction of sp³-hybridized carbons (Fsp3) is 0.545. The molecule has 8 nitrogen and oxygen atoms in total. The van der Waals surface area contributed by atoms with Gasteiger partial charge in [-0.2, -0.15) is 0 Å². The molecule has 0 radical (unpaired) electrons. The van der Waals surface area contributed by atoms with Crippen LogP contribution in [0.1, 0.15) is 42.1 Å². The lowest BCUT2D eigenvalue weighted by Crippen LogP contribution is -2.40. The maximum Gasteiger partial charge on any atom is 0.341 e. The molecule has 2 saturated heterocycles. The molecule has 30 heavy (non-hydrogen) atoms. The van der Waals surface area contributed by atoms with Gasteiger partial charge in [-0.3, -0.25) is 4.79 Å². The van der Waals surface area contributed by atoms with Gasteiger partial charge in [0.15, 0.2) is 5.75 Å². The van der Waals surface area contributed by atoms with Gasteiger partial charge in [0.25, 0.3) is 0 Å². The van der Waals surface area contributed by atoms with Gasteiger partial charge in [-0.1, -0.05) is 0 Å². The Hall–Kier alpha value is -2.74. The largest absolute Gasteiger partial charge is 0.494 e. The number of aromatic carboxylic acids is 1. The molecule has 1 aromatic carbocycles. The van der Waals surface area contributed by atoms with Gasteiger partial charge in [0.2, 0.25) is 5.43 Å². The van der Waals surface area contributed by atoms with E-state index in [2.05, 4.69) is 10.2 Å². The van der Waals surface area contributed by atoms with E-state index < -0.39 is 11.4 Å². The molecule has 2 aliphatic heterocycles. The minimum absolute atomic E-state index is 0.184. The number of fused-ring (bicyclic) bond motifs is 2. The lowest BCUT2D eigenvalue weighted by molar-refractivity contribution is 0.0695. The van der Waals surface area contributed by atoms with Crippen molar-refractivity contribution in [2.24, 2.45) is 5.92 Å². The highest BCUT2D eigenvalue weighted by atomic mass is 16.5. The number of carboxylic acids is 1. The van der Waals surface area contributed by atoms with E-state index in [1.54, 1.807) is 20.3 Å². The van der Waals surface area contributed by atoms with E-state index in [-0.39, 0.29) is 11.6 Å². The Morgan fingerprint density at radius 3 is 2.63 bits per heavy atom. The molecular formula is C22H27N3O5. The first kappa shape index (κ1) is 19.2. The van der Waals surface area contributed by atoms with Crippen LogP contribution in [0.4, 0.5) is 5.69 Å². The van der Waals surface area contributed by atoms with Crippen molar-refractivity contribution in [1.82, 2.24) is 9.88 Å². The summed E-state index contributed by atoms with van der Waals surface area (Å²) in [6.45, 7) is 2.79. The number of aromatic nitrogens is 1. The van der Waals surface area contributed by atoms with Crippen molar-refractivity contribution >= 4 is 22.6 Å². The Morgan fingerprint density at radius 2 is 2.00 bits per heavy atom. The van der Waals surface area contributed by atoms with Gasteiger partial charge >= 0.3 is 5.97 Å². The summed E-state index contributed by atoms with van der Waals surface area (Å²) >= 11 is 0. The molecule has 1 saturated carbocycles. The summed E-state index contributed by atoms with van der Waals surface area (Å²) in [6.07, 6.45) is 5.77. The number of nitrogens with zero attached hydrogens (tertiary/aromatic N) is 2. The number of carboxylic acid groups (broad SMARTS) is 1. The number of methoxy groups -OCH3 is 2. The highest BCUT2D eigenvalue weighted by Gasteiger charge is 2.38. The summed E-state index contributed by atoms with van der Waals surface area (Å²) < 4.78 is 13.5. The smallest absolute Gasteiger partial charge is 0.341 e. The molecule has 160 valence electrons. The molecule has 2 N–H and O–H groups in total. The number of hydrogen-bond donors (Lipinski definition) is 2. The number of nitrogens with one attached hydrogen (secondary N) is 1. The second kappa shape index (κ2) is 7.19. The molecule has 3 fully saturated rings. The Labute approximate surface area is 174 Å². The highest BCUT2D eigenvalue weighted by molar-refractivity contribution is 5.99. The molecule has 0 spiro atoms. The number of rotatable bonds is 5. The van der Waals surface area contributed by atoms with Gasteiger partial charge in [0.05, 0.1) is 25.1 Å². The van der Waals surface area contributed by atoms with Crippen LogP contribution in [-0.4, -0.2) is 55.5 Å². The summed E-state index contributed by atoms with van der Waals surface area (Å²) in [7, 11) is 3.18. The van der Waals surface area contributed by atoms with E-state index in [1.807, 2.05) is 4.57 Å². The molecule has 5 rings (SSSR count).